The summed E-state index contributed by atoms with van der Waals surface area (Å²) in [6.07, 6.45) is 15.5. The van der Waals surface area contributed by atoms with Gasteiger partial charge in [-0.3, -0.25) is 47.9 Å². The first-order valence-corrected chi connectivity index (χ1v) is 48.0. The van der Waals surface area contributed by atoms with Crippen LogP contribution in [0.25, 0.3) is 0 Å². The van der Waals surface area contributed by atoms with Gasteiger partial charge in [0, 0.05) is 119 Å². The van der Waals surface area contributed by atoms with E-state index in [4.69, 9.17) is 28.7 Å². The summed E-state index contributed by atoms with van der Waals surface area (Å²) in [7, 11) is 3.76. The van der Waals surface area contributed by atoms with Crippen LogP contribution in [0.3, 0.4) is 0 Å². The van der Waals surface area contributed by atoms with Gasteiger partial charge in [-0.25, -0.2) is 19.9 Å². The second kappa shape index (κ2) is 50.1. The third-order valence-corrected chi connectivity index (χ3v) is 26.6. The number of nitrogens with two attached hydrogens (primary N) is 5. The molecule has 5 aromatic heterocycles. The molecule has 10 heterocycles. The Labute approximate surface area is 854 Å². The van der Waals surface area contributed by atoms with Gasteiger partial charge in [0.15, 0.2) is 57.6 Å². The molecule has 15 rings (SSSR count). The molecule has 10 amide bonds. The third-order valence-electron chi connectivity index (χ3n) is 26.6. The predicted octanol–water partition coefficient (Wildman–Crippen LogP) is 10.9. The van der Waals surface area contributed by atoms with Crippen molar-refractivity contribution < 1.29 is 47.9 Å². The van der Waals surface area contributed by atoms with Gasteiger partial charge in [-0.1, -0.05) is 63.2 Å². The predicted molar refractivity (Wildman–Crippen MR) is 569 cm³/mol. The van der Waals surface area contributed by atoms with Gasteiger partial charge in [0.05, 0.1) is 30.5 Å². The maximum absolute atomic E-state index is 12.1. The molecule has 5 fully saturated rings. The summed E-state index contributed by atoms with van der Waals surface area (Å²) in [6.45, 7) is 48.3. The number of likely N-dealkylation sites (tertiary alicyclic amines) is 5. The minimum absolute atomic E-state index is 0.00426. The molecule has 0 unspecified atom stereocenters. The van der Waals surface area contributed by atoms with Crippen LogP contribution in [0.1, 0.15) is 174 Å². The zero-order valence-electron chi connectivity index (χ0n) is 85.7. The van der Waals surface area contributed by atoms with E-state index >= 15 is 0 Å². The van der Waals surface area contributed by atoms with Gasteiger partial charge in [0.25, 0.3) is 29.5 Å². The number of rotatable bonds is 30. The van der Waals surface area contributed by atoms with Crippen molar-refractivity contribution in [3.05, 3.63) is 251 Å². The van der Waals surface area contributed by atoms with Crippen LogP contribution in [0.4, 0.5) is 87.0 Å². The summed E-state index contributed by atoms with van der Waals surface area (Å²) in [5.74, 6) is -0.668. The number of aromatic nitrogens is 13. The first-order chi connectivity index (χ1) is 70.0. The van der Waals surface area contributed by atoms with Gasteiger partial charge in [-0.05, 0) is 282 Å². The van der Waals surface area contributed by atoms with Crippen LogP contribution in [-0.2, 0) is 24.0 Å². The van der Waals surface area contributed by atoms with Crippen LogP contribution in [-0.4, -0.2) is 257 Å². The molecular formula is C104H131N33O10. The van der Waals surface area contributed by atoms with Crippen LogP contribution in [0, 0.1) is 69.2 Å². The Morgan fingerprint density at radius 2 is 0.660 bits per heavy atom. The molecular weight excluding hydrogens is 1870 g/mol. The van der Waals surface area contributed by atoms with E-state index in [2.05, 4.69) is 141 Å². The zero-order valence-corrected chi connectivity index (χ0v) is 85.7. The van der Waals surface area contributed by atoms with Crippen LogP contribution in [0.15, 0.2) is 167 Å². The highest BCUT2D eigenvalue weighted by Gasteiger charge is 2.40. The van der Waals surface area contributed by atoms with E-state index in [1.807, 2.05) is 205 Å². The lowest BCUT2D eigenvalue weighted by molar-refractivity contribution is -0.127. The van der Waals surface area contributed by atoms with Crippen molar-refractivity contribution in [2.24, 2.45) is 28.7 Å². The standard InChI is InChI=1S/C22H28N6O2.C21H27N7O2.C21H26N6O2.2C20H25N7O2/c1-6-19(29)28-10-9-17(15(28)4)27(5)18-12-24-20(21(23)30)22(26-18)25-16-8-7-13(2)14(3)11-16;1-6-17(29)28-10-9-16(14(28)4)27(5)21-24-20(18(19(22)30)25-26-21)23-15-8-7-12(2)13(3)11-15;1-4-18(28)27-9-5-6-16(12-27)24-17-11-23-19(20(22)29)21(26-17)25-15-8-7-13(2)14(3)10-15;1-5-16(28)27-9-8-15(13(27)4)23-20-24-19(17(18(21)29)25-26-20)22-14-7-6-11(2)12(3)10-14;1-4-16(28)27-9-5-6-15(11-27)23-20-24-19(17(18(21)29)25-26-20)22-14-8-7-12(2)13(3)10-14/h6-8,11-12,15,17H,1,9-10H2,2-5H3,(H2,23,30)(H,25,26);6-8,11,14,16H,1,9-10H2,2-5H3,(H2,22,30)(H,23,24,26);4,7-8,10-11,16H,1,5-6,9,12H2,2-3H3,(H2,22,29)(H2,24,25,26);5-7,10,13,15H,1,8-9H2,2-4H3,(H2,21,29)(H2,22,23,24,26);4,7-8,10,15H,1,5-6,9,11H2,2-3H3,(H2,21,29)(H2,22,23,24,26)/t15-,17-;14-,16-;16-;13-,15-;15-/m11111/s1. The number of nitrogens with zero attached hydrogens (tertiary/aromatic N) is 20. The summed E-state index contributed by atoms with van der Waals surface area (Å²) in [5, 5.41) is 49.3. The van der Waals surface area contributed by atoms with Crippen molar-refractivity contribution in [2.45, 2.75) is 183 Å². The summed E-state index contributed by atoms with van der Waals surface area (Å²) in [6, 6.07) is 29.2. The quantitative estimate of drug-likeness (QED) is 0.0186. The van der Waals surface area contributed by atoms with E-state index in [9.17, 15) is 47.9 Å². The topological polar surface area (TPSA) is 587 Å². The summed E-state index contributed by atoms with van der Waals surface area (Å²) in [4.78, 5) is 162. The fraction of sp³-hybridized carbons (Fsp3) is 0.356. The number of carbonyl (C=O) groups excluding carboxylic acids is 10. The zero-order chi connectivity index (χ0) is 107. The molecule has 18 N–H and O–H groups in total. The normalized spacial score (nSPS) is 17.4. The molecule has 5 saturated heterocycles. The number of piperidine rings is 2. The van der Waals surface area contributed by atoms with Gasteiger partial charge in [0.2, 0.25) is 47.4 Å². The summed E-state index contributed by atoms with van der Waals surface area (Å²) in [5.41, 5.74) is 42.6. The molecule has 8 atom stereocenters. The van der Waals surface area contributed by atoms with Gasteiger partial charge in [0.1, 0.15) is 11.6 Å². The van der Waals surface area contributed by atoms with Crippen molar-refractivity contribution in [1.82, 2.24) is 90.0 Å². The number of aryl methyl sites for hydroxylation is 10. The Morgan fingerprint density at radius 3 is 1.03 bits per heavy atom. The molecule has 10 aromatic rings. The van der Waals surface area contributed by atoms with E-state index in [0.29, 0.717) is 68.5 Å². The van der Waals surface area contributed by atoms with E-state index in [1.165, 1.54) is 53.9 Å². The lowest BCUT2D eigenvalue weighted by Gasteiger charge is -2.32. The number of benzene rings is 5. The molecule has 0 bridgehead atoms. The maximum Gasteiger partial charge on any atom is 0.273 e. The monoisotopic (exact) mass is 2000 g/mol. The summed E-state index contributed by atoms with van der Waals surface area (Å²) < 4.78 is 0. The molecule has 0 aliphatic carbocycles. The number of carbonyl (C=O) groups is 10. The molecule has 43 nitrogen and oxygen atoms in total. The van der Waals surface area contributed by atoms with Crippen LogP contribution < -0.4 is 81.0 Å². The minimum Gasteiger partial charge on any atom is -0.364 e. The van der Waals surface area contributed by atoms with Crippen LogP contribution in [0.2, 0.25) is 0 Å². The van der Waals surface area contributed by atoms with Crippen molar-refractivity contribution in [2.75, 3.05) is 112 Å². The largest absolute Gasteiger partial charge is 0.364 e. The molecule has 147 heavy (non-hydrogen) atoms. The number of nitrogens with one attached hydrogen (secondary N) is 8. The number of likely N-dealkylation sites (N-methyl/N-ethyl adjacent to an activating group) is 2. The van der Waals surface area contributed by atoms with Crippen molar-refractivity contribution in [1.29, 1.82) is 0 Å². The lowest BCUT2D eigenvalue weighted by Crippen LogP contribution is -2.44. The van der Waals surface area contributed by atoms with E-state index < -0.39 is 29.5 Å². The first-order valence-electron chi connectivity index (χ1n) is 48.0. The molecule has 5 aliphatic heterocycles. The number of hydrogen-bond donors (Lipinski definition) is 13. The maximum atomic E-state index is 12.1. The number of primary amides is 5. The van der Waals surface area contributed by atoms with Gasteiger partial charge >= 0.3 is 0 Å². The van der Waals surface area contributed by atoms with Gasteiger partial charge < -0.3 is 106 Å². The fourth-order valence-electron chi connectivity index (χ4n) is 17.3. The molecule has 0 saturated carbocycles. The average Bonchev–Trinajstić information content (AvgIpc) is 1.72. The summed E-state index contributed by atoms with van der Waals surface area (Å²) >= 11 is 0. The third kappa shape index (κ3) is 28.4. The second-order valence-electron chi connectivity index (χ2n) is 36.6. The Bertz CT molecular complexity index is 6320. The highest BCUT2D eigenvalue weighted by Crippen LogP contribution is 2.34. The van der Waals surface area contributed by atoms with Gasteiger partial charge in [-0.2, -0.15) is 15.0 Å². The number of hydrogen-bond acceptors (Lipinski definition) is 33. The first kappa shape index (κ1) is 110. The Kier molecular flexibility index (Phi) is 37.5. The number of anilines is 15. The van der Waals surface area contributed by atoms with E-state index in [-0.39, 0.29) is 136 Å². The Balaban J connectivity index is 0.000000175. The van der Waals surface area contributed by atoms with Crippen LogP contribution in [0.5, 0.6) is 0 Å². The second-order valence-corrected chi connectivity index (χ2v) is 36.6. The van der Waals surface area contributed by atoms with Gasteiger partial charge in [-0.15, -0.1) is 30.6 Å². The lowest BCUT2D eigenvalue weighted by atomic mass is 10.1. The van der Waals surface area contributed by atoms with Crippen molar-refractivity contribution in [3.8, 4) is 0 Å². The van der Waals surface area contributed by atoms with Crippen molar-refractivity contribution in [3.63, 3.8) is 0 Å². The fourth-order valence-corrected chi connectivity index (χ4v) is 17.3. The molecule has 5 aliphatic rings. The molecule has 5 aromatic carbocycles. The Morgan fingerprint density at radius 1 is 0.340 bits per heavy atom. The SMILES string of the molecule is C=CC(=O)N1CCC[C@@H](Nc2cnc(C(N)=O)c(Nc3ccc(C)c(C)c3)n2)C1.C=CC(=O)N1CCC[C@@H](Nc2nnc(C(N)=O)c(Nc3ccc(C)c(C)c3)n2)C1.C=CC(=O)N1CC[C@@H](N(C)c2cnc(C(N)=O)c(Nc3ccc(C)c(C)c3)n2)[C@H]1C.C=CC(=O)N1CC[C@@H](N(C)c2nnc(C(N)=O)c(Nc3ccc(C)c(C)c3)n2)[C@H]1C.C=CC(=O)N1CC[C@@H](Nc2nnc(C(N)=O)c(Nc3ccc(C)c(C)c3)n2)[C@H]1C. The molecule has 43 heteroatoms. The highest BCUT2D eigenvalue weighted by atomic mass is 16.2. The average molecular weight is 2000 g/mol. The van der Waals surface area contributed by atoms with E-state index in [1.54, 1.807) is 24.5 Å². The van der Waals surface area contributed by atoms with Crippen molar-refractivity contribution >= 4 is 146 Å². The number of amides is 10. The Hall–Kier alpha value is -17.3. The molecule has 0 spiro atoms. The van der Waals surface area contributed by atoms with Crippen LogP contribution >= 0.6 is 0 Å². The smallest absolute Gasteiger partial charge is 0.273 e. The van der Waals surface area contributed by atoms with E-state index in [0.717, 1.165) is 124 Å². The minimum atomic E-state index is -0.722. The molecule has 0 radical (unpaired) electrons. The molecule has 772 valence electrons. The highest BCUT2D eigenvalue weighted by molar-refractivity contribution is 6.00.